The van der Waals surface area contributed by atoms with Crippen molar-refractivity contribution in [2.24, 2.45) is 0 Å². The monoisotopic (exact) mass is 289 g/mol. The van der Waals surface area contributed by atoms with Crippen LogP contribution in [-0.4, -0.2) is 30.3 Å². The summed E-state index contributed by atoms with van der Waals surface area (Å²) in [5, 5.41) is 1.13. The number of rotatable bonds is 1. The van der Waals surface area contributed by atoms with Crippen molar-refractivity contribution in [2.75, 3.05) is 23.8 Å². The largest absolute Gasteiger partial charge is 0.399 e. The Labute approximate surface area is 122 Å². The lowest BCUT2D eigenvalue weighted by atomic mass is 9.90. The zero-order chi connectivity index (χ0) is 13.5. The van der Waals surface area contributed by atoms with E-state index >= 15 is 0 Å². The molecule has 2 heterocycles. The maximum absolute atomic E-state index is 5.94. The SMILES string of the molecule is Nc1ccc2nc(N3CCOC4CCCCC43)sc2c1. The molecule has 0 radical (unpaired) electrons. The summed E-state index contributed by atoms with van der Waals surface area (Å²) in [5.74, 6) is 0. The first-order valence-corrected chi connectivity index (χ1v) is 8.17. The van der Waals surface area contributed by atoms with Gasteiger partial charge in [-0.05, 0) is 31.0 Å². The predicted octanol–water partition coefficient (Wildman–Crippen LogP) is 3.03. The first-order valence-electron chi connectivity index (χ1n) is 7.35. The molecule has 2 N–H and O–H groups in total. The number of fused-ring (bicyclic) bond motifs is 2. The van der Waals surface area contributed by atoms with E-state index in [-0.39, 0.29) is 0 Å². The Morgan fingerprint density at radius 1 is 1.30 bits per heavy atom. The van der Waals surface area contributed by atoms with Gasteiger partial charge in [0.25, 0.3) is 0 Å². The van der Waals surface area contributed by atoms with E-state index in [0.29, 0.717) is 12.1 Å². The van der Waals surface area contributed by atoms with Crippen LogP contribution in [0.1, 0.15) is 25.7 Å². The van der Waals surface area contributed by atoms with Crippen molar-refractivity contribution in [1.82, 2.24) is 4.98 Å². The number of thiazole rings is 1. The van der Waals surface area contributed by atoms with Gasteiger partial charge in [0, 0.05) is 12.2 Å². The molecule has 5 heteroatoms. The Balaban J connectivity index is 1.69. The van der Waals surface area contributed by atoms with E-state index in [0.717, 1.165) is 29.5 Å². The second-order valence-corrected chi connectivity index (χ2v) is 6.69. The van der Waals surface area contributed by atoms with Gasteiger partial charge in [-0.3, -0.25) is 0 Å². The lowest BCUT2D eigenvalue weighted by molar-refractivity contribution is -0.00867. The average Bonchev–Trinajstić information content (AvgIpc) is 2.89. The van der Waals surface area contributed by atoms with Gasteiger partial charge in [-0.25, -0.2) is 4.98 Å². The minimum atomic E-state index is 0.398. The topological polar surface area (TPSA) is 51.4 Å². The van der Waals surface area contributed by atoms with Gasteiger partial charge in [-0.15, -0.1) is 0 Å². The third kappa shape index (κ3) is 2.05. The first-order chi connectivity index (χ1) is 9.81. The summed E-state index contributed by atoms with van der Waals surface area (Å²) in [6.07, 6.45) is 5.42. The van der Waals surface area contributed by atoms with Crippen LogP contribution in [0, 0.1) is 0 Å². The number of benzene rings is 1. The zero-order valence-corrected chi connectivity index (χ0v) is 12.2. The lowest BCUT2D eigenvalue weighted by Gasteiger charge is -2.43. The molecule has 1 aliphatic carbocycles. The Morgan fingerprint density at radius 3 is 3.15 bits per heavy atom. The number of ether oxygens (including phenoxy) is 1. The second-order valence-electron chi connectivity index (χ2n) is 5.68. The van der Waals surface area contributed by atoms with Crippen molar-refractivity contribution in [2.45, 2.75) is 37.8 Å². The number of aromatic nitrogens is 1. The van der Waals surface area contributed by atoms with Gasteiger partial charge in [0.05, 0.1) is 29.0 Å². The fraction of sp³-hybridized carbons (Fsp3) is 0.533. The normalized spacial score (nSPS) is 26.7. The Hall–Kier alpha value is -1.33. The fourth-order valence-electron chi connectivity index (χ4n) is 3.39. The van der Waals surface area contributed by atoms with Crippen molar-refractivity contribution in [1.29, 1.82) is 0 Å². The standard InChI is InChI=1S/C15H19N3OS/c16-10-5-6-11-14(9-10)20-15(17-11)18-7-8-19-13-4-2-1-3-12(13)18/h5-6,9,12-13H,1-4,7-8,16H2. The number of nitrogens with zero attached hydrogens (tertiary/aromatic N) is 2. The van der Waals surface area contributed by atoms with Crippen LogP contribution >= 0.6 is 11.3 Å². The molecule has 1 aliphatic heterocycles. The van der Waals surface area contributed by atoms with E-state index in [2.05, 4.69) is 4.90 Å². The molecule has 4 nitrogen and oxygen atoms in total. The molecule has 2 aromatic rings. The highest BCUT2D eigenvalue weighted by Crippen LogP contribution is 2.36. The van der Waals surface area contributed by atoms with Crippen LogP contribution in [0.25, 0.3) is 10.2 Å². The summed E-state index contributed by atoms with van der Waals surface area (Å²) < 4.78 is 7.12. The van der Waals surface area contributed by atoms with Crippen LogP contribution in [0.5, 0.6) is 0 Å². The van der Waals surface area contributed by atoms with Crippen LogP contribution in [-0.2, 0) is 4.74 Å². The predicted molar refractivity (Wildman–Crippen MR) is 83.4 cm³/mol. The summed E-state index contributed by atoms with van der Waals surface area (Å²) in [4.78, 5) is 7.27. The van der Waals surface area contributed by atoms with E-state index in [4.69, 9.17) is 15.5 Å². The third-order valence-corrected chi connectivity index (χ3v) is 5.43. The smallest absolute Gasteiger partial charge is 0.186 e. The molecule has 2 unspecified atom stereocenters. The van der Waals surface area contributed by atoms with Gasteiger partial charge < -0.3 is 15.4 Å². The minimum Gasteiger partial charge on any atom is -0.399 e. The molecular weight excluding hydrogens is 270 g/mol. The summed E-state index contributed by atoms with van der Waals surface area (Å²) in [5.41, 5.74) is 7.73. The Morgan fingerprint density at radius 2 is 2.20 bits per heavy atom. The molecule has 0 spiro atoms. The molecule has 1 saturated heterocycles. The van der Waals surface area contributed by atoms with Gasteiger partial charge in [0.2, 0.25) is 0 Å². The number of nitrogens with two attached hydrogens (primary N) is 1. The molecule has 1 aromatic carbocycles. The quantitative estimate of drug-likeness (QED) is 0.820. The summed E-state index contributed by atoms with van der Waals surface area (Å²) in [6.45, 7) is 1.77. The van der Waals surface area contributed by atoms with E-state index in [1.165, 1.54) is 30.4 Å². The third-order valence-electron chi connectivity index (χ3n) is 4.38. The minimum absolute atomic E-state index is 0.398. The number of nitrogen functional groups attached to an aromatic ring is 1. The van der Waals surface area contributed by atoms with Crippen LogP contribution in [0.4, 0.5) is 10.8 Å². The second kappa shape index (κ2) is 4.90. The molecule has 1 aromatic heterocycles. The highest BCUT2D eigenvalue weighted by molar-refractivity contribution is 7.22. The van der Waals surface area contributed by atoms with Crippen molar-refractivity contribution in [3.05, 3.63) is 18.2 Å². The number of anilines is 2. The average molecular weight is 289 g/mol. The van der Waals surface area contributed by atoms with Gasteiger partial charge in [-0.2, -0.15) is 0 Å². The van der Waals surface area contributed by atoms with Crippen molar-refractivity contribution in [3.8, 4) is 0 Å². The van der Waals surface area contributed by atoms with Crippen LogP contribution < -0.4 is 10.6 Å². The van der Waals surface area contributed by atoms with Crippen LogP contribution in [0.3, 0.4) is 0 Å². The fourth-order valence-corrected chi connectivity index (χ4v) is 4.48. The van der Waals surface area contributed by atoms with Gasteiger partial charge in [0.15, 0.2) is 5.13 Å². The molecule has 1 saturated carbocycles. The zero-order valence-electron chi connectivity index (χ0n) is 11.4. The molecule has 4 rings (SSSR count). The molecule has 2 atom stereocenters. The van der Waals surface area contributed by atoms with E-state index < -0.39 is 0 Å². The molecular formula is C15H19N3OS. The summed E-state index contributed by atoms with van der Waals surface area (Å²) in [6, 6.07) is 6.48. The van der Waals surface area contributed by atoms with Crippen LogP contribution in [0.2, 0.25) is 0 Å². The van der Waals surface area contributed by atoms with Gasteiger partial charge in [0.1, 0.15) is 0 Å². The number of hydrogen-bond acceptors (Lipinski definition) is 5. The van der Waals surface area contributed by atoms with Crippen molar-refractivity contribution in [3.63, 3.8) is 0 Å². The summed E-state index contributed by atoms with van der Waals surface area (Å²) in [7, 11) is 0. The highest BCUT2D eigenvalue weighted by Gasteiger charge is 2.35. The van der Waals surface area contributed by atoms with Gasteiger partial charge >= 0.3 is 0 Å². The van der Waals surface area contributed by atoms with Crippen molar-refractivity contribution >= 4 is 32.4 Å². The van der Waals surface area contributed by atoms with E-state index in [1.54, 1.807) is 11.3 Å². The van der Waals surface area contributed by atoms with Gasteiger partial charge in [-0.1, -0.05) is 24.2 Å². The Bertz CT molecular complexity index is 625. The number of morpholine rings is 1. The Kier molecular flexibility index (Phi) is 3.04. The first kappa shape index (κ1) is 12.4. The summed E-state index contributed by atoms with van der Waals surface area (Å²) >= 11 is 1.75. The highest BCUT2D eigenvalue weighted by atomic mass is 32.1. The molecule has 0 bridgehead atoms. The number of hydrogen-bond donors (Lipinski definition) is 1. The lowest BCUT2D eigenvalue weighted by Crippen LogP contribution is -2.52. The van der Waals surface area contributed by atoms with E-state index in [1.807, 2.05) is 18.2 Å². The maximum atomic E-state index is 5.94. The van der Waals surface area contributed by atoms with Crippen LogP contribution in [0.15, 0.2) is 18.2 Å². The van der Waals surface area contributed by atoms with Crippen molar-refractivity contribution < 1.29 is 4.74 Å². The molecule has 2 aliphatic rings. The molecule has 0 amide bonds. The molecule has 20 heavy (non-hydrogen) atoms. The molecule has 106 valence electrons. The molecule has 2 fully saturated rings. The van der Waals surface area contributed by atoms with E-state index in [9.17, 15) is 0 Å². The maximum Gasteiger partial charge on any atom is 0.186 e.